The van der Waals surface area contributed by atoms with Crippen LogP contribution in [0.25, 0.3) is 0 Å². The normalized spacial score (nSPS) is 10.1. The molecule has 0 aliphatic rings. The van der Waals surface area contributed by atoms with E-state index in [0.717, 1.165) is 11.3 Å². The Morgan fingerprint density at radius 3 is 2.03 bits per heavy atom. The average Bonchev–Trinajstić information content (AvgIpc) is 2.84. The molecule has 3 N–H and O–H groups in total. The molecule has 170 valence electrons. The fourth-order valence-corrected chi connectivity index (χ4v) is 3.01. The Labute approximate surface area is 191 Å². The lowest BCUT2D eigenvalue weighted by Crippen LogP contribution is -2.40. The summed E-state index contributed by atoms with van der Waals surface area (Å²) in [5.41, 5.74) is 2.26. The molecule has 0 aromatic heterocycles. The van der Waals surface area contributed by atoms with E-state index in [0.29, 0.717) is 30.0 Å². The van der Waals surface area contributed by atoms with E-state index in [1.54, 1.807) is 38.5 Å². The van der Waals surface area contributed by atoms with Gasteiger partial charge in [-0.2, -0.15) is 0 Å². The standard InChI is InChI=1S/C25H25N3O5/c1-32-21-12-6-17(7-13-21)14-15-26-25(31)28-24(30)19-10-8-18(9-11-19)23(29)27-20-4-3-5-22(16-20)33-2/h3-13,16H,14-15H2,1-2H3,(H,27,29)(H2,26,28,30,31). The van der Waals surface area contributed by atoms with Crippen molar-refractivity contribution >= 4 is 23.5 Å². The molecular formula is C25H25N3O5. The number of hydrogen-bond acceptors (Lipinski definition) is 5. The van der Waals surface area contributed by atoms with Gasteiger partial charge in [-0.05, 0) is 60.5 Å². The van der Waals surface area contributed by atoms with Gasteiger partial charge in [0.1, 0.15) is 11.5 Å². The van der Waals surface area contributed by atoms with Crippen molar-refractivity contribution < 1.29 is 23.9 Å². The number of nitrogens with one attached hydrogen (secondary N) is 3. The molecule has 3 aromatic carbocycles. The minimum atomic E-state index is -0.589. The first kappa shape index (κ1) is 23.3. The molecule has 0 spiro atoms. The minimum absolute atomic E-state index is 0.262. The summed E-state index contributed by atoms with van der Waals surface area (Å²) < 4.78 is 10.2. The van der Waals surface area contributed by atoms with Gasteiger partial charge in [0.15, 0.2) is 0 Å². The van der Waals surface area contributed by atoms with Crippen LogP contribution in [0.5, 0.6) is 11.5 Å². The van der Waals surface area contributed by atoms with Crippen LogP contribution in [0.3, 0.4) is 0 Å². The Morgan fingerprint density at radius 1 is 0.758 bits per heavy atom. The zero-order valence-corrected chi connectivity index (χ0v) is 18.4. The molecule has 0 atom stereocenters. The molecule has 4 amide bonds. The predicted octanol–water partition coefficient (Wildman–Crippen LogP) is 3.64. The first-order chi connectivity index (χ1) is 16.0. The second-order valence-electron chi connectivity index (χ2n) is 7.07. The quantitative estimate of drug-likeness (QED) is 0.489. The van der Waals surface area contributed by atoms with Gasteiger partial charge in [-0.1, -0.05) is 18.2 Å². The summed E-state index contributed by atoms with van der Waals surface area (Å²) >= 11 is 0. The van der Waals surface area contributed by atoms with Crippen molar-refractivity contribution in [3.63, 3.8) is 0 Å². The maximum absolute atomic E-state index is 12.4. The number of carbonyl (C=O) groups is 3. The van der Waals surface area contributed by atoms with E-state index in [-0.39, 0.29) is 11.5 Å². The zero-order chi connectivity index (χ0) is 23.6. The molecule has 0 saturated heterocycles. The molecule has 0 heterocycles. The Kier molecular flexibility index (Phi) is 8.02. The van der Waals surface area contributed by atoms with E-state index in [1.807, 2.05) is 24.3 Å². The lowest BCUT2D eigenvalue weighted by molar-refractivity contribution is 0.0961. The van der Waals surface area contributed by atoms with Gasteiger partial charge in [0.2, 0.25) is 0 Å². The maximum Gasteiger partial charge on any atom is 0.321 e. The van der Waals surface area contributed by atoms with Crippen LogP contribution in [0.15, 0.2) is 72.8 Å². The van der Waals surface area contributed by atoms with Gasteiger partial charge in [-0.15, -0.1) is 0 Å². The fourth-order valence-electron chi connectivity index (χ4n) is 3.01. The molecule has 0 saturated carbocycles. The first-order valence-corrected chi connectivity index (χ1v) is 10.3. The molecule has 0 fully saturated rings. The van der Waals surface area contributed by atoms with Crippen molar-refractivity contribution in [1.29, 1.82) is 0 Å². The monoisotopic (exact) mass is 447 g/mol. The van der Waals surface area contributed by atoms with Crippen LogP contribution in [0.2, 0.25) is 0 Å². The third kappa shape index (κ3) is 6.83. The number of imide groups is 1. The molecule has 33 heavy (non-hydrogen) atoms. The molecule has 0 aliphatic heterocycles. The summed E-state index contributed by atoms with van der Waals surface area (Å²) in [4.78, 5) is 36.7. The summed E-state index contributed by atoms with van der Waals surface area (Å²) in [7, 11) is 3.15. The number of urea groups is 1. The third-order valence-electron chi connectivity index (χ3n) is 4.82. The van der Waals surface area contributed by atoms with Gasteiger partial charge in [0.05, 0.1) is 14.2 Å². The van der Waals surface area contributed by atoms with Crippen LogP contribution >= 0.6 is 0 Å². The Bertz CT molecular complexity index is 1110. The van der Waals surface area contributed by atoms with E-state index in [1.165, 1.54) is 24.3 Å². The number of hydrogen-bond donors (Lipinski definition) is 3. The van der Waals surface area contributed by atoms with Gasteiger partial charge in [0.25, 0.3) is 11.8 Å². The van der Waals surface area contributed by atoms with Crippen molar-refractivity contribution in [2.75, 3.05) is 26.1 Å². The lowest BCUT2D eigenvalue weighted by atomic mass is 10.1. The average molecular weight is 447 g/mol. The van der Waals surface area contributed by atoms with Gasteiger partial charge in [-0.3, -0.25) is 14.9 Å². The minimum Gasteiger partial charge on any atom is -0.497 e. The van der Waals surface area contributed by atoms with E-state index in [4.69, 9.17) is 9.47 Å². The van der Waals surface area contributed by atoms with E-state index in [9.17, 15) is 14.4 Å². The molecule has 3 rings (SSSR count). The number of anilines is 1. The molecule has 0 aliphatic carbocycles. The zero-order valence-electron chi connectivity index (χ0n) is 18.4. The van der Waals surface area contributed by atoms with Crippen molar-refractivity contribution in [1.82, 2.24) is 10.6 Å². The van der Waals surface area contributed by atoms with Crippen molar-refractivity contribution in [2.24, 2.45) is 0 Å². The highest BCUT2D eigenvalue weighted by atomic mass is 16.5. The number of carbonyl (C=O) groups excluding carboxylic acids is 3. The van der Waals surface area contributed by atoms with E-state index < -0.39 is 11.9 Å². The Hall–Kier alpha value is -4.33. The van der Waals surface area contributed by atoms with Crippen LogP contribution in [-0.4, -0.2) is 38.6 Å². The lowest BCUT2D eigenvalue weighted by Gasteiger charge is -2.09. The molecular weight excluding hydrogens is 422 g/mol. The second kappa shape index (κ2) is 11.3. The number of methoxy groups -OCH3 is 2. The molecule has 0 radical (unpaired) electrons. The number of benzene rings is 3. The van der Waals surface area contributed by atoms with Crippen molar-refractivity contribution in [3.8, 4) is 11.5 Å². The van der Waals surface area contributed by atoms with E-state index >= 15 is 0 Å². The molecule has 8 heteroatoms. The van der Waals surface area contributed by atoms with Gasteiger partial charge < -0.3 is 20.1 Å². The summed E-state index contributed by atoms with van der Waals surface area (Å²) in [5, 5.41) is 7.69. The number of rotatable bonds is 8. The number of amides is 4. The van der Waals surface area contributed by atoms with Gasteiger partial charge in [0, 0.05) is 29.4 Å². The molecule has 0 bridgehead atoms. The van der Waals surface area contributed by atoms with Crippen LogP contribution in [-0.2, 0) is 6.42 Å². The van der Waals surface area contributed by atoms with Crippen LogP contribution in [0.1, 0.15) is 26.3 Å². The predicted molar refractivity (Wildman–Crippen MR) is 125 cm³/mol. The van der Waals surface area contributed by atoms with Crippen molar-refractivity contribution in [3.05, 3.63) is 89.5 Å². The summed E-state index contributed by atoms with van der Waals surface area (Å²) in [6.45, 7) is 0.370. The molecule has 8 nitrogen and oxygen atoms in total. The van der Waals surface area contributed by atoms with Crippen LogP contribution in [0, 0.1) is 0 Å². The summed E-state index contributed by atoms with van der Waals surface area (Å²) in [6.07, 6.45) is 0.614. The largest absolute Gasteiger partial charge is 0.497 e. The van der Waals surface area contributed by atoms with Crippen LogP contribution < -0.4 is 25.4 Å². The number of ether oxygens (including phenoxy) is 2. The van der Waals surface area contributed by atoms with Gasteiger partial charge in [-0.25, -0.2) is 4.79 Å². The van der Waals surface area contributed by atoms with E-state index in [2.05, 4.69) is 16.0 Å². The fraction of sp³-hybridized carbons (Fsp3) is 0.160. The Morgan fingerprint density at radius 2 is 1.39 bits per heavy atom. The highest BCUT2D eigenvalue weighted by Gasteiger charge is 2.12. The smallest absolute Gasteiger partial charge is 0.321 e. The Balaban J connectivity index is 1.47. The second-order valence-corrected chi connectivity index (χ2v) is 7.07. The molecule has 3 aromatic rings. The third-order valence-corrected chi connectivity index (χ3v) is 4.82. The van der Waals surface area contributed by atoms with Crippen LogP contribution in [0.4, 0.5) is 10.5 Å². The van der Waals surface area contributed by atoms with Crippen molar-refractivity contribution in [2.45, 2.75) is 6.42 Å². The molecule has 0 unspecified atom stereocenters. The highest BCUT2D eigenvalue weighted by molar-refractivity contribution is 6.07. The highest BCUT2D eigenvalue weighted by Crippen LogP contribution is 2.17. The summed E-state index contributed by atoms with van der Waals surface area (Å²) in [5.74, 6) is 0.504. The first-order valence-electron chi connectivity index (χ1n) is 10.3. The van der Waals surface area contributed by atoms with Gasteiger partial charge >= 0.3 is 6.03 Å². The SMILES string of the molecule is COc1ccc(CCNC(=O)NC(=O)c2ccc(C(=O)Nc3cccc(OC)c3)cc2)cc1. The summed E-state index contributed by atoms with van der Waals surface area (Å²) in [6, 6.07) is 19.9. The maximum atomic E-state index is 12.4. The topological polar surface area (TPSA) is 106 Å².